The normalized spacial score (nSPS) is 11.5. The molecule has 1 N–H and O–H groups in total. The Morgan fingerprint density at radius 2 is 1.66 bits per heavy atom. The van der Waals surface area contributed by atoms with Gasteiger partial charge in [-0.3, -0.25) is 9.59 Å². The van der Waals surface area contributed by atoms with Crippen molar-refractivity contribution >= 4 is 11.8 Å². The molecular weight excluding hydrogens is 443 g/mol. The molecule has 3 rings (SSSR count). The Morgan fingerprint density at radius 1 is 0.943 bits per heavy atom. The number of rotatable bonds is 11. The van der Waals surface area contributed by atoms with Crippen LogP contribution in [0.25, 0.3) is 0 Å². The number of nitrogens with one attached hydrogen (secondary N) is 1. The largest absolute Gasteiger partial charge is 0.483 e. The maximum Gasteiger partial charge on any atom is 0.261 e. The Balaban J connectivity index is 1.90. The van der Waals surface area contributed by atoms with Gasteiger partial charge in [0.05, 0.1) is 0 Å². The Kier molecular flexibility index (Phi) is 9.41. The van der Waals surface area contributed by atoms with Crippen molar-refractivity contribution < 1.29 is 18.7 Å². The highest BCUT2D eigenvalue weighted by Crippen LogP contribution is 2.21. The number of benzene rings is 3. The van der Waals surface area contributed by atoms with Crippen LogP contribution in [0.1, 0.15) is 35.6 Å². The molecule has 0 heterocycles. The molecule has 0 saturated carbocycles. The monoisotopic (exact) mass is 476 g/mol. The molecule has 0 fully saturated rings. The lowest BCUT2D eigenvalue weighted by Gasteiger charge is -2.31. The molecule has 35 heavy (non-hydrogen) atoms. The predicted molar refractivity (Wildman–Crippen MR) is 136 cm³/mol. The first-order chi connectivity index (χ1) is 16.9. The highest BCUT2D eigenvalue weighted by atomic mass is 19.1. The summed E-state index contributed by atoms with van der Waals surface area (Å²) in [5.74, 6) is -0.262. The van der Waals surface area contributed by atoms with Gasteiger partial charge in [0, 0.05) is 19.5 Å². The van der Waals surface area contributed by atoms with Crippen molar-refractivity contribution in [3.8, 4) is 5.75 Å². The Labute approximate surface area is 206 Å². The van der Waals surface area contributed by atoms with Crippen molar-refractivity contribution in [1.82, 2.24) is 10.2 Å². The number of ether oxygens (including phenoxy) is 1. The van der Waals surface area contributed by atoms with Crippen molar-refractivity contribution in [1.29, 1.82) is 0 Å². The molecule has 0 bridgehead atoms. The third-order valence-electron chi connectivity index (χ3n) is 5.99. The zero-order valence-corrected chi connectivity index (χ0v) is 20.6. The number of halogens is 1. The minimum atomic E-state index is -0.747. The SMILES string of the molecule is CCCNC(=O)C(Cc1ccccc1)N(Cc1ccc(F)cc1)C(=O)COc1cccc(C)c1C. The van der Waals surface area contributed by atoms with Crippen LogP contribution in [-0.2, 0) is 22.6 Å². The molecule has 1 unspecified atom stereocenters. The summed E-state index contributed by atoms with van der Waals surface area (Å²) >= 11 is 0. The molecule has 0 radical (unpaired) electrons. The van der Waals surface area contributed by atoms with E-state index in [0.717, 1.165) is 28.7 Å². The second kappa shape index (κ2) is 12.7. The van der Waals surface area contributed by atoms with Gasteiger partial charge in [-0.05, 0) is 60.7 Å². The number of carbonyl (C=O) groups excluding carboxylic acids is 2. The van der Waals surface area contributed by atoms with Gasteiger partial charge in [0.25, 0.3) is 5.91 Å². The Bertz CT molecular complexity index is 1120. The van der Waals surface area contributed by atoms with E-state index in [9.17, 15) is 14.0 Å². The van der Waals surface area contributed by atoms with Gasteiger partial charge in [-0.15, -0.1) is 0 Å². The standard InChI is InChI=1S/C29H33FN2O3/c1-4-17-31-29(34)26(18-23-10-6-5-7-11-23)32(19-24-13-15-25(30)16-14-24)28(33)20-35-27-12-8-9-21(2)22(27)3/h5-16,26H,4,17-20H2,1-3H3,(H,31,34). The van der Waals surface area contributed by atoms with Gasteiger partial charge in [0.15, 0.2) is 6.61 Å². The van der Waals surface area contributed by atoms with Gasteiger partial charge in [-0.25, -0.2) is 4.39 Å². The summed E-state index contributed by atoms with van der Waals surface area (Å²) in [5, 5.41) is 2.94. The number of aryl methyl sites for hydroxylation is 1. The molecule has 1 atom stereocenters. The molecular formula is C29H33FN2O3. The summed E-state index contributed by atoms with van der Waals surface area (Å²) in [6.07, 6.45) is 1.14. The van der Waals surface area contributed by atoms with E-state index in [1.54, 1.807) is 12.1 Å². The Morgan fingerprint density at radius 3 is 2.34 bits per heavy atom. The summed E-state index contributed by atoms with van der Waals surface area (Å²) < 4.78 is 19.4. The minimum Gasteiger partial charge on any atom is -0.483 e. The van der Waals surface area contributed by atoms with Gasteiger partial charge >= 0.3 is 0 Å². The lowest BCUT2D eigenvalue weighted by atomic mass is 10.0. The lowest BCUT2D eigenvalue weighted by Crippen LogP contribution is -2.51. The average Bonchev–Trinajstić information content (AvgIpc) is 2.87. The van der Waals surface area contributed by atoms with Crippen LogP contribution < -0.4 is 10.1 Å². The van der Waals surface area contributed by atoms with Crippen molar-refractivity contribution in [3.05, 3.63) is 101 Å². The van der Waals surface area contributed by atoms with Crippen molar-refractivity contribution in [2.24, 2.45) is 0 Å². The molecule has 3 aromatic rings. The topological polar surface area (TPSA) is 58.6 Å². The molecule has 0 aliphatic heterocycles. The fourth-order valence-electron chi connectivity index (χ4n) is 3.81. The van der Waals surface area contributed by atoms with Gasteiger partial charge in [0.2, 0.25) is 5.91 Å². The zero-order valence-electron chi connectivity index (χ0n) is 20.6. The molecule has 0 saturated heterocycles. The van der Waals surface area contributed by atoms with E-state index in [4.69, 9.17) is 4.74 Å². The first-order valence-electron chi connectivity index (χ1n) is 11.9. The van der Waals surface area contributed by atoms with Crippen LogP contribution in [0.5, 0.6) is 5.75 Å². The second-order valence-electron chi connectivity index (χ2n) is 8.63. The summed E-state index contributed by atoms with van der Waals surface area (Å²) in [6, 6.07) is 20.5. The fraction of sp³-hybridized carbons (Fsp3) is 0.310. The first-order valence-corrected chi connectivity index (χ1v) is 11.9. The van der Waals surface area contributed by atoms with E-state index in [0.29, 0.717) is 18.7 Å². The number of amides is 2. The summed E-state index contributed by atoms with van der Waals surface area (Å²) in [4.78, 5) is 28.3. The van der Waals surface area contributed by atoms with Gasteiger partial charge < -0.3 is 15.0 Å². The van der Waals surface area contributed by atoms with Crippen molar-refractivity contribution in [3.63, 3.8) is 0 Å². The molecule has 6 heteroatoms. The number of hydrogen-bond donors (Lipinski definition) is 1. The summed E-state index contributed by atoms with van der Waals surface area (Å²) in [6.45, 7) is 6.37. The maximum atomic E-state index is 13.5. The Hall–Kier alpha value is -3.67. The van der Waals surface area contributed by atoms with E-state index in [2.05, 4.69) is 5.32 Å². The van der Waals surface area contributed by atoms with Crippen molar-refractivity contribution in [2.75, 3.05) is 13.2 Å². The number of carbonyl (C=O) groups is 2. The van der Waals surface area contributed by atoms with Gasteiger partial charge in [-0.2, -0.15) is 0 Å². The van der Waals surface area contributed by atoms with E-state index < -0.39 is 6.04 Å². The molecule has 3 aromatic carbocycles. The summed E-state index contributed by atoms with van der Waals surface area (Å²) in [7, 11) is 0. The van der Waals surface area contributed by atoms with E-state index >= 15 is 0 Å². The zero-order chi connectivity index (χ0) is 25.2. The van der Waals surface area contributed by atoms with Crippen LogP contribution >= 0.6 is 0 Å². The highest BCUT2D eigenvalue weighted by molar-refractivity contribution is 5.88. The maximum absolute atomic E-state index is 13.5. The molecule has 5 nitrogen and oxygen atoms in total. The second-order valence-corrected chi connectivity index (χ2v) is 8.63. The van der Waals surface area contributed by atoms with E-state index in [-0.39, 0.29) is 30.8 Å². The number of nitrogens with zero attached hydrogens (tertiary/aromatic N) is 1. The predicted octanol–water partition coefficient (Wildman–Crippen LogP) is 4.99. The smallest absolute Gasteiger partial charge is 0.261 e. The van der Waals surface area contributed by atoms with Crippen molar-refractivity contribution in [2.45, 2.75) is 46.2 Å². The van der Waals surface area contributed by atoms with E-state index in [1.807, 2.05) is 69.3 Å². The molecule has 2 amide bonds. The highest BCUT2D eigenvalue weighted by Gasteiger charge is 2.30. The molecule has 0 aliphatic rings. The molecule has 0 aromatic heterocycles. The minimum absolute atomic E-state index is 0.159. The van der Waals surface area contributed by atoms with Crippen LogP contribution in [0.15, 0.2) is 72.8 Å². The fourth-order valence-corrected chi connectivity index (χ4v) is 3.81. The lowest BCUT2D eigenvalue weighted by molar-refractivity contribution is -0.142. The van der Waals surface area contributed by atoms with Gasteiger partial charge in [0.1, 0.15) is 17.6 Å². The van der Waals surface area contributed by atoms with Gasteiger partial charge in [-0.1, -0.05) is 61.5 Å². The van der Waals surface area contributed by atoms with Crippen LogP contribution in [0, 0.1) is 19.7 Å². The van der Waals surface area contributed by atoms with Crippen LogP contribution in [-0.4, -0.2) is 35.9 Å². The molecule has 184 valence electrons. The molecule has 0 aliphatic carbocycles. The first kappa shape index (κ1) is 25.9. The third kappa shape index (κ3) is 7.41. The third-order valence-corrected chi connectivity index (χ3v) is 5.99. The van der Waals surface area contributed by atoms with Crippen LogP contribution in [0.3, 0.4) is 0 Å². The quantitative estimate of drug-likeness (QED) is 0.424. The number of hydrogen-bond acceptors (Lipinski definition) is 3. The van der Waals surface area contributed by atoms with E-state index in [1.165, 1.54) is 17.0 Å². The average molecular weight is 477 g/mol. The summed E-state index contributed by atoms with van der Waals surface area (Å²) in [5.41, 5.74) is 3.70. The van der Waals surface area contributed by atoms with Crippen LogP contribution in [0.2, 0.25) is 0 Å². The molecule has 0 spiro atoms. The van der Waals surface area contributed by atoms with Crippen LogP contribution in [0.4, 0.5) is 4.39 Å².